The molecule has 0 aliphatic carbocycles. The van der Waals surface area contributed by atoms with Crippen LogP contribution in [0.1, 0.15) is 5.82 Å². The molecule has 1 aromatic carbocycles. The summed E-state index contributed by atoms with van der Waals surface area (Å²) in [5, 5.41) is 24.5. The van der Waals surface area contributed by atoms with E-state index in [0.29, 0.717) is 16.7 Å². The van der Waals surface area contributed by atoms with E-state index >= 15 is 0 Å². The number of halogens is 1. The van der Waals surface area contributed by atoms with Crippen LogP contribution in [0, 0.1) is 6.92 Å². The molecule has 0 amide bonds. The molecule has 3 aromatic rings. The Bertz CT molecular complexity index is 895. The molecule has 0 bridgehead atoms. The molecule has 6 nitrogen and oxygen atoms in total. The molecular formula is C16H14ClN3O3S. The molecule has 8 heteroatoms. The maximum Gasteiger partial charge on any atom is 0.328 e. The molecule has 0 radical (unpaired) electrons. The predicted molar refractivity (Wildman–Crippen MR) is 94.7 cm³/mol. The fourth-order valence-electron chi connectivity index (χ4n) is 2.35. The van der Waals surface area contributed by atoms with Crippen LogP contribution in [0.15, 0.2) is 29.6 Å². The van der Waals surface area contributed by atoms with Gasteiger partial charge in [0.05, 0.1) is 12.0 Å². The summed E-state index contributed by atoms with van der Waals surface area (Å²) in [6.07, 6.45) is 0. The minimum absolute atomic E-state index is 0.394. The van der Waals surface area contributed by atoms with E-state index in [4.69, 9.17) is 16.7 Å². The predicted octanol–water partition coefficient (Wildman–Crippen LogP) is 3.18. The molecular weight excluding hydrogens is 350 g/mol. The molecule has 3 rings (SSSR count). The van der Waals surface area contributed by atoms with Crippen LogP contribution in [0.5, 0.6) is 0 Å². The Morgan fingerprint density at radius 2 is 2.04 bits per heavy atom. The van der Waals surface area contributed by atoms with Gasteiger partial charge in [0.1, 0.15) is 22.5 Å². The number of carboxylic acid groups (broad SMARTS) is 1. The number of thiophene rings is 1. The molecule has 124 valence electrons. The number of aliphatic hydroxyl groups is 1. The highest BCUT2D eigenvalue weighted by Gasteiger charge is 2.21. The number of aliphatic carboxylic acids is 1. The van der Waals surface area contributed by atoms with Crippen molar-refractivity contribution in [3.8, 4) is 11.1 Å². The normalized spacial score (nSPS) is 12.3. The van der Waals surface area contributed by atoms with Gasteiger partial charge in [-0.1, -0.05) is 23.7 Å². The van der Waals surface area contributed by atoms with Gasteiger partial charge in [-0.05, 0) is 24.6 Å². The molecule has 1 atom stereocenters. The zero-order valence-electron chi connectivity index (χ0n) is 12.7. The number of hydrogen-bond donors (Lipinski definition) is 3. The lowest BCUT2D eigenvalue weighted by Gasteiger charge is -2.14. The van der Waals surface area contributed by atoms with Crippen LogP contribution in [-0.4, -0.2) is 38.8 Å². The molecule has 0 saturated heterocycles. The van der Waals surface area contributed by atoms with E-state index < -0.39 is 18.6 Å². The van der Waals surface area contributed by atoms with Gasteiger partial charge in [0, 0.05) is 16.0 Å². The second-order valence-electron chi connectivity index (χ2n) is 5.17. The topological polar surface area (TPSA) is 95.3 Å². The van der Waals surface area contributed by atoms with Crippen molar-refractivity contribution in [1.82, 2.24) is 9.97 Å². The van der Waals surface area contributed by atoms with Gasteiger partial charge in [-0.25, -0.2) is 14.8 Å². The minimum atomic E-state index is -1.15. The number of hydrogen-bond acceptors (Lipinski definition) is 6. The monoisotopic (exact) mass is 363 g/mol. The summed E-state index contributed by atoms with van der Waals surface area (Å²) in [5.41, 5.74) is 1.81. The van der Waals surface area contributed by atoms with Gasteiger partial charge in [-0.3, -0.25) is 0 Å². The molecule has 2 aromatic heterocycles. The van der Waals surface area contributed by atoms with Gasteiger partial charge >= 0.3 is 5.97 Å². The van der Waals surface area contributed by atoms with Crippen LogP contribution >= 0.6 is 22.9 Å². The van der Waals surface area contributed by atoms with Crippen molar-refractivity contribution in [2.75, 3.05) is 11.9 Å². The van der Waals surface area contributed by atoms with E-state index in [-0.39, 0.29) is 0 Å². The first-order chi connectivity index (χ1) is 11.5. The highest BCUT2D eigenvalue weighted by atomic mass is 35.5. The van der Waals surface area contributed by atoms with Crippen molar-refractivity contribution in [3.05, 3.63) is 40.5 Å². The standard InChI is InChI=1S/C16H14ClN3O3S/c1-8-18-14(20-12(6-21)16(22)23)13-11(7-24-15(13)19-8)9-2-4-10(17)5-3-9/h2-5,7,12,21H,6H2,1H3,(H,22,23)(H,18,19,20). The van der Waals surface area contributed by atoms with E-state index in [9.17, 15) is 9.90 Å². The highest BCUT2D eigenvalue weighted by Crippen LogP contribution is 2.37. The number of aromatic nitrogens is 2. The molecule has 1 unspecified atom stereocenters. The zero-order chi connectivity index (χ0) is 17.3. The van der Waals surface area contributed by atoms with Crippen LogP contribution in [0.3, 0.4) is 0 Å². The number of fused-ring (bicyclic) bond motifs is 1. The van der Waals surface area contributed by atoms with E-state index in [1.54, 1.807) is 19.1 Å². The van der Waals surface area contributed by atoms with Crippen molar-refractivity contribution >= 4 is 44.9 Å². The SMILES string of the molecule is Cc1nc(NC(CO)C(=O)O)c2c(-c3ccc(Cl)cc3)csc2n1. The Labute approximate surface area is 146 Å². The van der Waals surface area contributed by atoms with E-state index in [1.165, 1.54) is 11.3 Å². The van der Waals surface area contributed by atoms with Gasteiger partial charge in [-0.2, -0.15) is 0 Å². The number of carbonyl (C=O) groups is 1. The molecule has 0 aliphatic rings. The minimum Gasteiger partial charge on any atom is -0.480 e. The van der Waals surface area contributed by atoms with E-state index in [1.807, 2.05) is 17.5 Å². The quantitative estimate of drug-likeness (QED) is 0.644. The van der Waals surface area contributed by atoms with Gasteiger partial charge in [-0.15, -0.1) is 11.3 Å². The van der Waals surface area contributed by atoms with Gasteiger partial charge in [0.15, 0.2) is 0 Å². The third-order valence-corrected chi connectivity index (χ3v) is 4.62. The smallest absolute Gasteiger partial charge is 0.328 e. The van der Waals surface area contributed by atoms with Crippen LogP contribution in [0.25, 0.3) is 21.3 Å². The average molecular weight is 364 g/mol. The molecule has 2 heterocycles. The lowest BCUT2D eigenvalue weighted by atomic mass is 10.1. The molecule has 3 N–H and O–H groups in total. The number of rotatable bonds is 5. The lowest BCUT2D eigenvalue weighted by molar-refractivity contribution is -0.138. The van der Waals surface area contributed by atoms with Crippen molar-refractivity contribution < 1.29 is 15.0 Å². The summed E-state index contributed by atoms with van der Waals surface area (Å²) >= 11 is 7.39. The number of aliphatic hydroxyl groups excluding tert-OH is 1. The van der Waals surface area contributed by atoms with Gasteiger partial charge < -0.3 is 15.5 Å². The summed E-state index contributed by atoms with van der Waals surface area (Å²) in [6.45, 7) is 1.20. The number of carboxylic acids is 1. The Kier molecular flexibility index (Phi) is 4.66. The Balaban J connectivity index is 2.15. The summed E-state index contributed by atoms with van der Waals surface area (Å²) < 4.78 is 0. The fourth-order valence-corrected chi connectivity index (χ4v) is 3.46. The zero-order valence-corrected chi connectivity index (χ0v) is 14.2. The first-order valence-electron chi connectivity index (χ1n) is 7.11. The number of benzene rings is 1. The molecule has 0 saturated carbocycles. The Hall–Kier alpha value is -2.22. The van der Waals surface area contributed by atoms with Crippen LogP contribution in [0.2, 0.25) is 5.02 Å². The number of aryl methyl sites for hydroxylation is 1. The van der Waals surface area contributed by atoms with Crippen LogP contribution in [-0.2, 0) is 4.79 Å². The largest absolute Gasteiger partial charge is 0.480 e. The lowest BCUT2D eigenvalue weighted by Crippen LogP contribution is -2.33. The third-order valence-electron chi connectivity index (χ3n) is 3.49. The summed E-state index contributed by atoms with van der Waals surface area (Å²) in [7, 11) is 0. The van der Waals surface area contributed by atoms with Crippen LogP contribution in [0.4, 0.5) is 5.82 Å². The Morgan fingerprint density at radius 3 is 2.67 bits per heavy atom. The van der Waals surface area contributed by atoms with Crippen molar-refractivity contribution in [1.29, 1.82) is 0 Å². The first kappa shape index (κ1) is 16.6. The first-order valence-corrected chi connectivity index (χ1v) is 8.37. The van der Waals surface area contributed by atoms with E-state index in [2.05, 4.69) is 15.3 Å². The Morgan fingerprint density at radius 1 is 1.33 bits per heavy atom. The van der Waals surface area contributed by atoms with Crippen molar-refractivity contribution in [2.45, 2.75) is 13.0 Å². The van der Waals surface area contributed by atoms with Crippen molar-refractivity contribution in [3.63, 3.8) is 0 Å². The second kappa shape index (κ2) is 6.72. The molecule has 0 aliphatic heterocycles. The molecule has 0 fully saturated rings. The molecule has 0 spiro atoms. The van der Waals surface area contributed by atoms with Gasteiger partial charge in [0.2, 0.25) is 0 Å². The summed E-state index contributed by atoms with van der Waals surface area (Å²) in [4.78, 5) is 20.7. The van der Waals surface area contributed by atoms with E-state index in [0.717, 1.165) is 21.3 Å². The third kappa shape index (κ3) is 3.19. The molecule has 24 heavy (non-hydrogen) atoms. The van der Waals surface area contributed by atoms with Gasteiger partial charge in [0.25, 0.3) is 0 Å². The second-order valence-corrected chi connectivity index (χ2v) is 6.47. The number of nitrogens with one attached hydrogen (secondary N) is 1. The maximum atomic E-state index is 11.2. The fraction of sp³-hybridized carbons (Fsp3) is 0.188. The highest BCUT2D eigenvalue weighted by molar-refractivity contribution is 7.17. The van der Waals surface area contributed by atoms with Crippen molar-refractivity contribution in [2.24, 2.45) is 0 Å². The summed E-state index contributed by atoms with van der Waals surface area (Å²) in [6, 6.07) is 6.20. The number of anilines is 1. The maximum absolute atomic E-state index is 11.2. The van der Waals surface area contributed by atoms with Crippen LogP contribution < -0.4 is 5.32 Å². The number of nitrogens with zero attached hydrogens (tertiary/aromatic N) is 2. The summed E-state index contributed by atoms with van der Waals surface area (Å²) in [5.74, 6) is -0.230. The average Bonchev–Trinajstić information content (AvgIpc) is 2.96.